The monoisotopic (exact) mass is 226 g/mol. The van der Waals surface area contributed by atoms with Gasteiger partial charge < -0.3 is 0 Å². The molecule has 0 spiro atoms. The van der Waals surface area contributed by atoms with Gasteiger partial charge in [0.2, 0.25) is 0 Å². The molecule has 0 rings (SSSR count). The maximum Gasteiger partial charge on any atom is -0.0321 e. The third-order valence-electron chi connectivity index (χ3n) is 4.58. The summed E-state index contributed by atoms with van der Waals surface area (Å²) >= 11 is 0. The Balaban J connectivity index is 4.63. The summed E-state index contributed by atoms with van der Waals surface area (Å²) in [7, 11) is 0. The Hall–Kier alpha value is 0. The zero-order valence-electron chi connectivity index (χ0n) is 13.0. The van der Waals surface area contributed by atoms with Crippen LogP contribution in [-0.2, 0) is 0 Å². The van der Waals surface area contributed by atoms with Crippen LogP contribution in [0.15, 0.2) is 0 Å². The fourth-order valence-corrected chi connectivity index (χ4v) is 3.15. The molecule has 0 aliphatic carbocycles. The average Bonchev–Trinajstić information content (AvgIpc) is 2.14. The first kappa shape index (κ1) is 16.0. The van der Waals surface area contributed by atoms with Crippen molar-refractivity contribution in [3.63, 3.8) is 0 Å². The highest BCUT2D eigenvalue weighted by Crippen LogP contribution is 2.45. The van der Waals surface area contributed by atoms with E-state index in [0.29, 0.717) is 10.8 Å². The average molecular weight is 226 g/mol. The SMILES string of the molecule is CCC(C)C(C)(C)CC(C)(CC)CC(C)C. The van der Waals surface area contributed by atoms with E-state index in [9.17, 15) is 0 Å². The van der Waals surface area contributed by atoms with E-state index in [2.05, 4.69) is 55.4 Å². The van der Waals surface area contributed by atoms with Crippen molar-refractivity contribution < 1.29 is 0 Å². The van der Waals surface area contributed by atoms with Crippen LogP contribution in [0.3, 0.4) is 0 Å². The molecule has 0 aliphatic rings. The lowest BCUT2D eigenvalue weighted by Gasteiger charge is -2.41. The standard InChI is InChI=1S/C16H34/c1-9-14(5)15(6,7)12-16(8,10-2)11-13(3)4/h13-14H,9-12H2,1-8H3. The van der Waals surface area contributed by atoms with Crippen molar-refractivity contribution in [2.24, 2.45) is 22.7 Å². The van der Waals surface area contributed by atoms with Gasteiger partial charge in [-0.1, -0.05) is 68.2 Å². The van der Waals surface area contributed by atoms with Gasteiger partial charge in [-0.05, 0) is 35.5 Å². The molecule has 0 N–H and O–H groups in total. The molecular formula is C16H34. The van der Waals surface area contributed by atoms with Gasteiger partial charge in [0.25, 0.3) is 0 Å². The molecule has 0 radical (unpaired) electrons. The summed E-state index contributed by atoms with van der Waals surface area (Å²) in [5.41, 5.74) is 1.01. The molecular weight excluding hydrogens is 192 g/mol. The van der Waals surface area contributed by atoms with Gasteiger partial charge in [0.1, 0.15) is 0 Å². The summed E-state index contributed by atoms with van der Waals surface area (Å²) in [6.45, 7) is 19.2. The molecule has 0 amide bonds. The predicted molar refractivity (Wildman–Crippen MR) is 75.7 cm³/mol. The molecule has 2 unspecified atom stereocenters. The molecule has 0 heteroatoms. The van der Waals surface area contributed by atoms with Crippen LogP contribution in [0.1, 0.15) is 81.1 Å². The van der Waals surface area contributed by atoms with E-state index < -0.39 is 0 Å². The van der Waals surface area contributed by atoms with Crippen molar-refractivity contribution in [3.05, 3.63) is 0 Å². The Morgan fingerprint density at radius 3 is 1.75 bits per heavy atom. The van der Waals surface area contributed by atoms with Crippen molar-refractivity contribution in [1.29, 1.82) is 0 Å². The molecule has 98 valence electrons. The van der Waals surface area contributed by atoms with E-state index in [1.807, 2.05) is 0 Å². The third kappa shape index (κ3) is 4.89. The highest BCUT2D eigenvalue weighted by molar-refractivity contribution is 4.85. The molecule has 0 saturated heterocycles. The minimum Gasteiger partial charge on any atom is -0.0651 e. The van der Waals surface area contributed by atoms with Crippen LogP contribution in [0.5, 0.6) is 0 Å². The van der Waals surface area contributed by atoms with Gasteiger partial charge in [-0.15, -0.1) is 0 Å². The Morgan fingerprint density at radius 1 is 0.938 bits per heavy atom. The Morgan fingerprint density at radius 2 is 1.44 bits per heavy atom. The van der Waals surface area contributed by atoms with Crippen LogP contribution in [0.4, 0.5) is 0 Å². The molecule has 0 heterocycles. The van der Waals surface area contributed by atoms with Crippen molar-refractivity contribution in [3.8, 4) is 0 Å². The quantitative estimate of drug-likeness (QED) is 0.506. The lowest BCUT2D eigenvalue weighted by atomic mass is 9.64. The second-order valence-corrected chi connectivity index (χ2v) is 7.24. The normalized spacial score (nSPS) is 18.6. The van der Waals surface area contributed by atoms with Crippen LogP contribution in [-0.4, -0.2) is 0 Å². The first-order valence-corrected chi connectivity index (χ1v) is 7.17. The Bertz CT molecular complexity index is 190. The minimum absolute atomic E-state index is 0.481. The lowest BCUT2D eigenvalue weighted by Crippen LogP contribution is -2.31. The maximum atomic E-state index is 2.48. The van der Waals surface area contributed by atoms with E-state index in [0.717, 1.165) is 11.8 Å². The number of hydrogen-bond donors (Lipinski definition) is 0. The van der Waals surface area contributed by atoms with Gasteiger partial charge in [0, 0.05) is 0 Å². The van der Waals surface area contributed by atoms with Crippen LogP contribution >= 0.6 is 0 Å². The molecule has 0 nitrogen and oxygen atoms in total. The summed E-state index contributed by atoms with van der Waals surface area (Å²) in [6, 6.07) is 0. The van der Waals surface area contributed by atoms with E-state index in [-0.39, 0.29) is 0 Å². The molecule has 0 fully saturated rings. The summed E-state index contributed by atoms with van der Waals surface area (Å²) in [5, 5.41) is 0. The Labute approximate surface area is 104 Å². The molecule has 0 aliphatic heterocycles. The van der Waals surface area contributed by atoms with E-state index in [1.165, 1.54) is 25.7 Å². The maximum absolute atomic E-state index is 2.48. The van der Waals surface area contributed by atoms with Gasteiger partial charge in [-0.25, -0.2) is 0 Å². The van der Waals surface area contributed by atoms with Crippen LogP contribution in [0, 0.1) is 22.7 Å². The molecule has 0 bridgehead atoms. The highest BCUT2D eigenvalue weighted by Gasteiger charge is 2.34. The van der Waals surface area contributed by atoms with Gasteiger partial charge in [-0.2, -0.15) is 0 Å². The molecule has 2 atom stereocenters. The fourth-order valence-electron chi connectivity index (χ4n) is 3.15. The molecule has 0 saturated carbocycles. The van der Waals surface area contributed by atoms with Crippen molar-refractivity contribution in [2.45, 2.75) is 81.1 Å². The minimum atomic E-state index is 0.481. The molecule has 0 aromatic rings. The van der Waals surface area contributed by atoms with Gasteiger partial charge in [0.05, 0.1) is 0 Å². The van der Waals surface area contributed by atoms with Gasteiger partial charge in [0.15, 0.2) is 0 Å². The van der Waals surface area contributed by atoms with Crippen molar-refractivity contribution in [2.75, 3.05) is 0 Å². The van der Waals surface area contributed by atoms with Crippen LogP contribution in [0.2, 0.25) is 0 Å². The molecule has 0 aromatic carbocycles. The van der Waals surface area contributed by atoms with Gasteiger partial charge in [-0.3, -0.25) is 0 Å². The lowest BCUT2D eigenvalue weighted by molar-refractivity contribution is 0.0943. The van der Waals surface area contributed by atoms with Crippen molar-refractivity contribution in [1.82, 2.24) is 0 Å². The topological polar surface area (TPSA) is 0 Å². The first-order valence-electron chi connectivity index (χ1n) is 7.17. The summed E-state index contributed by atoms with van der Waals surface area (Å²) in [5.74, 6) is 1.64. The molecule has 0 aromatic heterocycles. The van der Waals surface area contributed by atoms with Crippen LogP contribution in [0.25, 0.3) is 0 Å². The smallest absolute Gasteiger partial charge is 0.0321 e. The summed E-state index contributed by atoms with van der Waals surface area (Å²) in [4.78, 5) is 0. The zero-order valence-corrected chi connectivity index (χ0v) is 13.0. The molecule has 16 heavy (non-hydrogen) atoms. The van der Waals surface area contributed by atoms with E-state index >= 15 is 0 Å². The fraction of sp³-hybridized carbons (Fsp3) is 1.00. The summed E-state index contributed by atoms with van der Waals surface area (Å²) < 4.78 is 0. The van der Waals surface area contributed by atoms with Crippen molar-refractivity contribution >= 4 is 0 Å². The van der Waals surface area contributed by atoms with Crippen LogP contribution < -0.4 is 0 Å². The highest BCUT2D eigenvalue weighted by atomic mass is 14.4. The predicted octanol–water partition coefficient (Wildman–Crippen LogP) is 5.91. The largest absolute Gasteiger partial charge is 0.0651 e. The number of hydrogen-bond acceptors (Lipinski definition) is 0. The first-order chi connectivity index (χ1) is 7.17. The zero-order chi connectivity index (χ0) is 13.0. The van der Waals surface area contributed by atoms with E-state index in [4.69, 9.17) is 0 Å². The second-order valence-electron chi connectivity index (χ2n) is 7.24. The summed E-state index contributed by atoms with van der Waals surface area (Å²) in [6.07, 6.45) is 5.34. The second kappa shape index (κ2) is 6.07. The van der Waals surface area contributed by atoms with E-state index in [1.54, 1.807) is 0 Å². The van der Waals surface area contributed by atoms with Gasteiger partial charge >= 0.3 is 0 Å². The third-order valence-corrected chi connectivity index (χ3v) is 4.58. The Kier molecular flexibility index (Phi) is 6.07. The number of rotatable bonds is 7.